The van der Waals surface area contributed by atoms with E-state index in [9.17, 15) is 19.2 Å². The number of fused-ring (bicyclic) bond motifs is 2. The number of nitrogens with one attached hydrogen (secondary N) is 2. The van der Waals surface area contributed by atoms with E-state index in [-0.39, 0.29) is 23.2 Å². The number of thioether (sulfide) groups is 1. The first kappa shape index (κ1) is 22.7. The fourth-order valence-electron chi connectivity index (χ4n) is 4.22. The van der Waals surface area contributed by atoms with Crippen molar-refractivity contribution in [2.24, 2.45) is 5.92 Å². The molecule has 11 heteroatoms. The van der Waals surface area contributed by atoms with Crippen molar-refractivity contribution in [1.29, 1.82) is 0 Å². The molecule has 34 heavy (non-hydrogen) atoms. The molecule has 5 rings (SSSR count). The van der Waals surface area contributed by atoms with E-state index >= 15 is 0 Å². The molecule has 3 amide bonds. The molecule has 0 bridgehead atoms. The van der Waals surface area contributed by atoms with Crippen LogP contribution < -0.4 is 20.2 Å². The number of methoxy groups -OCH3 is 1. The van der Waals surface area contributed by atoms with Gasteiger partial charge < -0.3 is 10.1 Å². The van der Waals surface area contributed by atoms with Gasteiger partial charge in [0.1, 0.15) is 17.5 Å². The second kappa shape index (κ2) is 8.94. The van der Waals surface area contributed by atoms with E-state index in [1.165, 1.54) is 4.57 Å². The highest BCUT2D eigenvalue weighted by Gasteiger charge is 2.52. The Bertz CT molecular complexity index is 1350. The molecule has 3 atom stereocenters. The third-order valence-electron chi connectivity index (χ3n) is 5.79. The smallest absolute Gasteiger partial charge is 0.308 e. The number of imide groups is 1. The number of rotatable bonds is 5. The van der Waals surface area contributed by atoms with E-state index in [1.807, 2.05) is 0 Å². The SMILES string of the molecule is COc1ccc(NC(=O)Cn2c3c(sc2=O)[C@@H](c2ccc(Cl)cc2)C2C(=O)NC(=O)C2S3)cc1. The van der Waals surface area contributed by atoms with Crippen molar-refractivity contribution in [1.82, 2.24) is 9.88 Å². The number of hydrogen-bond donors (Lipinski definition) is 2. The minimum Gasteiger partial charge on any atom is -0.497 e. The van der Waals surface area contributed by atoms with Crippen LogP contribution in [0, 0.1) is 5.92 Å². The molecule has 8 nitrogen and oxygen atoms in total. The molecule has 0 aliphatic carbocycles. The number of nitrogens with zero attached hydrogens (tertiary/aromatic N) is 1. The molecular formula is C23H18ClN3O5S2. The molecule has 2 unspecified atom stereocenters. The second-order valence-corrected chi connectivity index (χ2v) is 10.4. The number of anilines is 1. The molecule has 1 aromatic heterocycles. The molecule has 1 fully saturated rings. The molecule has 174 valence electrons. The van der Waals surface area contributed by atoms with Gasteiger partial charge in [-0.25, -0.2) is 0 Å². The van der Waals surface area contributed by atoms with Crippen LogP contribution in [0.5, 0.6) is 5.75 Å². The van der Waals surface area contributed by atoms with Gasteiger partial charge in [0.05, 0.1) is 18.1 Å². The minimum atomic E-state index is -0.689. The molecule has 0 spiro atoms. The average molecular weight is 516 g/mol. The number of halogens is 1. The van der Waals surface area contributed by atoms with Gasteiger partial charge in [-0.3, -0.25) is 29.1 Å². The van der Waals surface area contributed by atoms with Gasteiger partial charge in [0.15, 0.2) is 0 Å². The summed E-state index contributed by atoms with van der Waals surface area (Å²) in [6.07, 6.45) is 0. The number of thiazole rings is 1. The predicted octanol–water partition coefficient (Wildman–Crippen LogP) is 3.09. The molecule has 3 aromatic rings. The first-order valence-corrected chi connectivity index (χ1v) is 12.4. The van der Waals surface area contributed by atoms with Gasteiger partial charge in [-0.15, -0.1) is 0 Å². The molecule has 0 saturated carbocycles. The fraction of sp³-hybridized carbons (Fsp3) is 0.217. The van der Waals surface area contributed by atoms with Crippen molar-refractivity contribution >= 4 is 58.1 Å². The van der Waals surface area contributed by atoms with Gasteiger partial charge in [0.2, 0.25) is 17.7 Å². The van der Waals surface area contributed by atoms with Gasteiger partial charge in [0.25, 0.3) is 0 Å². The lowest BCUT2D eigenvalue weighted by atomic mass is 9.83. The zero-order valence-electron chi connectivity index (χ0n) is 17.7. The van der Waals surface area contributed by atoms with Crippen molar-refractivity contribution < 1.29 is 19.1 Å². The van der Waals surface area contributed by atoms with Crippen LogP contribution in [-0.2, 0) is 20.9 Å². The Hall–Kier alpha value is -3.08. The molecule has 2 aliphatic rings. The quantitative estimate of drug-likeness (QED) is 0.506. The molecule has 2 aliphatic heterocycles. The van der Waals surface area contributed by atoms with Crippen molar-refractivity contribution in [3.63, 3.8) is 0 Å². The van der Waals surface area contributed by atoms with E-state index < -0.39 is 23.0 Å². The van der Waals surface area contributed by atoms with Crippen molar-refractivity contribution in [3.05, 3.63) is 73.7 Å². The summed E-state index contributed by atoms with van der Waals surface area (Å²) >= 11 is 8.20. The monoisotopic (exact) mass is 515 g/mol. The van der Waals surface area contributed by atoms with Gasteiger partial charge in [0, 0.05) is 21.5 Å². The Kier molecular flexibility index (Phi) is 5.97. The van der Waals surface area contributed by atoms with E-state index in [0.717, 1.165) is 28.7 Å². The van der Waals surface area contributed by atoms with Crippen LogP contribution in [0.3, 0.4) is 0 Å². The maximum Gasteiger partial charge on any atom is 0.308 e. The topological polar surface area (TPSA) is 106 Å². The maximum atomic E-state index is 13.0. The van der Waals surface area contributed by atoms with Gasteiger partial charge in [-0.05, 0) is 42.0 Å². The average Bonchev–Trinajstić information content (AvgIpc) is 3.28. The van der Waals surface area contributed by atoms with Gasteiger partial charge in [-0.1, -0.05) is 46.8 Å². The van der Waals surface area contributed by atoms with E-state index in [1.54, 1.807) is 55.6 Å². The lowest BCUT2D eigenvalue weighted by Gasteiger charge is -2.30. The van der Waals surface area contributed by atoms with Gasteiger partial charge >= 0.3 is 4.87 Å². The van der Waals surface area contributed by atoms with E-state index in [0.29, 0.717) is 26.4 Å². The lowest BCUT2D eigenvalue weighted by Crippen LogP contribution is -2.32. The molecule has 0 radical (unpaired) electrons. The zero-order valence-corrected chi connectivity index (χ0v) is 20.1. The largest absolute Gasteiger partial charge is 0.497 e. The number of carbonyl (C=O) groups excluding carboxylic acids is 3. The summed E-state index contributed by atoms with van der Waals surface area (Å²) in [4.78, 5) is 51.3. The highest BCUT2D eigenvalue weighted by atomic mass is 35.5. The first-order chi connectivity index (χ1) is 16.4. The maximum absolute atomic E-state index is 13.0. The summed E-state index contributed by atoms with van der Waals surface area (Å²) in [6.45, 7) is -0.218. The van der Waals surface area contributed by atoms with Crippen LogP contribution in [0.1, 0.15) is 16.4 Å². The molecular weight excluding hydrogens is 498 g/mol. The van der Waals surface area contributed by atoms with Crippen LogP contribution in [0.25, 0.3) is 0 Å². The van der Waals surface area contributed by atoms with Crippen molar-refractivity contribution in [2.45, 2.75) is 22.7 Å². The second-order valence-electron chi connectivity index (χ2n) is 7.85. The summed E-state index contributed by atoms with van der Waals surface area (Å²) in [5, 5.41) is 5.57. The van der Waals surface area contributed by atoms with Crippen molar-refractivity contribution in [2.75, 3.05) is 12.4 Å². The van der Waals surface area contributed by atoms with Crippen molar-refractivity contribution in [3.8, 4) is 5.75 Å². The summed E-state index contributed by atoms with van der Waals surface area (Å²) in [5.74, 6) is -1.62. The lowest BCUT2D eigenvalue weighted by molar-refractivity contribution is -0.126. The molecule has 1 saturated heterocycles. The Morgan fingerprint density at radius 1 is 1.09 bits per heavy atom. The number of amides is 3. The number of aromatic nitrogens is 1. The third-order valence-corrected chi connectivity index (χ3v) is 8.66. The fourth-order valence-corrected chi connectivity index (χ4v) is 7.09. The van der Waals surface area contributed by atoms with E-state index in [2.05, 4.69) is 10.6 Å². The van der Waals surface area contributed by atoms with Gasteiger partial charge in [-0.2, -0.15) is 0 Å². The van der Waals surface area contributed by atoms with E-state index in [4.69, 9.17) is 16.3 Å². The Labute approximate surface area is 207 Å². The molecule has 3 heterocycles. The number of benzene rings is 2. The standard InChI is InChI=1S/C23H18ClN3O5S2/c1-32-14-8-6-13(7-9-14)25-15(28)10-27-22-19(34-23(27)31)16(11-2-4-12(24)5-3-11)17-18(33-22)21(30)26-20(17)29/h2-9,16-18H,10H2,1H3,(H,25,28)(H,26,29,30)/t16-,17?,18?/m0/s1. The summed E-state index contributed by atoms with van der Waals surface area (Å²) in [6, 6.07) is 13.9. The summed E-state index contributed by atoms with van der Waals surface area (Å²) in [7, 11) is 1.55. The Morgan fingerprint density at radius 2 is 1.79 bits per heavy atom. The Morgan fingerprint density at radius 3 is 2.47 bits per heavy atom. The number of carbonyl (C=O) groups is 3. The Balaban J connectivity index is 1.49. The third kappa shape index (κ3) is 4.02. The zero-order chi connectivity index (χ0) is 24.0. The van der Waals surface area contributed by atoms with Crippen LogP contribution in [-0.4, -0.2) is 34.6 Å². The molecule has 2 N–H and O–H groups in total. The number of ether oxygens (including phenoxy) is 1. The highest BCUT2D eigenvalue weighted by molar-refractivity contribution is 8.00. The highest BCUT2D eigenvalue weighted by Crippen LogP contribution is 2.51. The number of hydrogen-bond acceptors (Lipinski definition) is 7. The predicted molar refractivity (Wildman–Crippen MR) is 130 cm³/mol. The summed E-state index contributed by atoms with van der Waals surface area (Å²) < 4.78 is 6.49. The van der Waals surface area contributed by atoms with Crippen LogP contribution in [0.2, 0.25) is 5.02 Å². The summed E-state index contributed by atoms with van der Waals surface area (Å²) in [5.41, 5.74) is 1.34. The molecule has 2 aromatic carbocycles. The first-order valence-electron chi connectivity index (χ1n) is 10.3. The minimum absolute atomic E-state index is 0.218. The van der Waals surface area contributed by atoms with Crippen LogP contribution >= 0.6 is 34.7 Å². The van der Waals surface area contributed by atoms with Crippen LogP contribution in [0.4, 0.5) is 5.69 Å². The van der Waals surface area contributed by atoms with Crippen LogP contribution in [0.15, 0.2) is 58.4 Å². The normalized spacial score (nSPS) is 20.9.